The molecule has 0 atom stereocenters. The highest BCUT2D eigenvalue weighted by molar-refractivity contribution is 7.13. The number of nitrogens with zero attached hydrogens (tertiary/aromatic N) is 1. The fourth-order valence-electron chi connectivity index (χ4n) is 1.85. The molecule has 0 spiro atoms. The fourth-order valence-corrected chi connectivity index (χ4v) is 2.52. The summed E-state index contributed by atoms with van der Waals surface area (Å²) in [5, 5.41) is 18.1. The molecule has 0 radical (unpaired) electrons. The van der Waals surface area contributed by atoms with Crippen LogP contribution < -0.4 is 5.32 Å². The number of rotatable bonds is 3. The Bertz CT molecular complexity index is 778. The first kappa shape index (κ1) is 13.4. The van der Waals surface area contributed by atoms with E-state index in [1.165, 1.54) is 11.3 Å². The van der Waals surface area contributed by atoms with Crippen LogP contribution in [-0.2, 0) is 0 Å². The summed E-state index contributed by atoms with van der Waals surface area (Å²) in [5.74, 6) is 0.134. The SMILES string of the molecule is Cc1ccc(NC(=O)c2cc(-c3cccs3)on2)c(O)c1. The average Bonchev–Trinajstić information content (AvgIpc) is 3.10. The number of aromatic nitrogens is 1. The first-order valence-electron chi connectivity index (χ1n) is 6.25. The molecule has 0 unspecified atom stereocenters. The lowest BCUT2D eigenvalue weighted by molar-refractivity contribution is 0.101. The normalized spacial score (nSPS) is 10.5. The van der Waals surface area contributed by atoms with Crippen molar-refractivity contribution in [2.24, 2.45) is 0 Å². The molecule has 2 heterocycles. The molecular formula is C15H12N2O3S. The Kier molecular flexibility index (Phi) is 3.45. The zero-order chi connectivity index (χ0) is 14.8. The monoisotopic (exact) mass is 300 g/mol. The molecule has 0 aliphatic heterocycles. The number of phenols is 1. The molecule has 21 heavy (non-hydrogen) atoms. The third-order valence-electron chi connectivity index (χ3n) is 2.91. The summed E-state index contributed by atoms with van der Waals surface area (Å²) in [6, 6.07) is 10.4. The second kappa shape index (κ2) is 5.41. The van der Waals surface area contributed by atoms with Gasteiger partial charge in [-0.2, -0.15) is 0 Å². The number of carbonyl (C=O) groups excluding carboxylic acids is 1. The Balaban J connectivity index is 1.79. The summed E-state index contributed by atoms with van der Waals surface area (Å²) in [6.45, 7) is 1.86. The smallest absolute Gasteiger partial charge is 0.277 e. The van der Waals surface area contributed by atoms with Crippen LogP contribution in [0.4, 0.5) is 5.69 Å². The molecule has 1 amide bonds. The lowest BCUT2D eigenvalue weighted by Crippen LogP contribution is -2.12. The van der Waals surface area contributed by atoms with Crippen molar-refractivity contribution < 1.29 is 14.4 Å². The Labute approximate surface area is 124 Å². The minimum Gasteiger partial charge on any atom is -0.506 e. The highest BCUT2D eigenvalue weighted by Crippen LogP contribution is 2.27. The van der Waals surface area contributed by atoms with Gasteiger partial charge in [0, 0.05) is 6.07 Å². The predicted molar refractivity (Wildman–Crippen MR) is 80.6 cm³/mol. The van der Waals surface area contributed by atoms with E-state index < -0.39 is 5.91 Å². The number of carbonyl (C=O) groups is 1. The quantitative estimate of drug-likeness (QED) is 0.724. The van der Waals surface area contributed by atoms with Crippen molar-refractivity contribution in [3.63, 3.8) is 0 Å². The molecule has 1 aromatic carbocycles. The predicted octanol–water partition coefficient (Wildman–Crippen LogP) is 3.67. The summed E-state index contributed by atoms with van der Waals surface area (Å²) in [7, 11) is 0. The maximum absolute atomic E-state index is 12.1. The van der Waals surface area contributed by atoms with E-state index in [-0.39, 0.29) is 11.4 Å². The zero-order valence-corrected chi connectivity index (χ0v) is 12.0. The van der Waals surface area contributed by atoms with E-state index >= 15 is 0 Å². The maximum Gasteiger partial charge on any atom is 0.277 e. The van der Waals surface area contributed by atoms with Crippen molar-refractivity contribution in [1.82, 2.24) is 5.16 Å². The van der Waals surface area contributed by atoms with Crippen molar-refractivity contribution in [2.75, 3.05) is 5.32 Å². The largest absolute Gasteiger partial charge is 0.506 e. The van der Waals surface area contributed by atoms with Crippen LogP contribution in [0.2, 0.25) is 0 Å². The van der Waals surface area contributed by atoms with Gasteiger partial charge >= 0.3 is 0 Å². The van der Waals surface area contributed by atoms with Gasteiger partial charge in [-0.25, -0.2) is 0 Å². The van der Waals surface area contributed by atoms with Gasteiger partial charge in [-0.1, -0.05) is 17.3 Å². The second-order valence-electron chi connectivity index (χ2n) is 4.53. The van der Waals surface area contributed by atoms with E-state index in [0.717, 1.165) is 10.4 Å². The lowest BCUT2D eigenvalue weighted by Gasteiger charge is -2.05. The van der Waals surface area contributed by atoms with Crippen molar-refractivity contribution in [3.05, 3.63) is 53.0 Å². The minimum absolute atomic E-state index is 0.0188. The summed E-state index contributed by atoms with van der Waals surface area (Å²) in [4.78, 5) is 13.0. The molecule has 0 saturated heterocycles. The van der Waals surface area contributed by atoms with Crippen molar-refractivity contribution >= 4 is 22.9 Å². The molecule has 0 aliphatic rings. The number of amides is 1. The number of phenolic OH excluding ortho intramolecular Hbond substituents is 1. The summed E-state index contributed by atoms with van der Waals surface area (Å²) >= 11 is 1.50. The summed E-state index contributed by atoms with van der Waals surface area (Å²) < 4.78 is 5.15. The Morgan fingerprint density at radius 3 is 2.90 bits per heavy atom. The van der Waals surface area contributed by atoms with Crippen LogP contribution in [0.1, 0.15) is 16.1 Å². The maximum atomic E-state index is 12.1. The topological polar surface area (TPSA) is 75.4 Å². The van der Waals surface area contributed by atoms with Crippen molar-refractivity contribution in [3.8, 4) is 16.4 Å². The number of aryl methyl sites for hydroxylation is 1. The van der Waals surface area contributed by atoms with Gasteiger partial charge in [0.25, 0.3) is 5.91 Å². The minimum atomic E-state index is -0.430. The van der Waals surface area contributed by atoms with Gasteiger partial charge in [0.15, 0.2) is 11.5 Å². The van der Waals surface area contributed by atoms with Crippen LogP contribution >= 0.6 is 11.3 Å². The third kappa shape index (κ3) is 2.80. The van der Waals surface area contributed by atoms with E-state index in [4.69, 9.17) is 4.52 Å². The van der Waals surface area contributed by atoms with Gasteiger partial charge in [0.1, 0.15) is 5.75 Å². The number of anilines is 1. The molecule has 3 rings (SSSR count). The first-order chi connectivity index (χ1) is 10.1. The number of hydrogen-bond acceptors (Lipinski definition) is 5. The zero-order valence-electron chi connectivity index (χ0n) is 11.2. The van der Waals surface area contributed by atoms with Gasteiger partial charge in [-0.3, -0.25) is 4.79 Å². The molecule has 2 aromatic heterocycles. The third-order valence-corrected chi connectivity index (χ3v) is 3.79. The van der Waals surface area contributed by atoms with Crippen molar-refractivity contribution in [1.29, 1.82) is 0 Å². The number of aromatic hydroxyl groups is 1. The molecule has 6 heteroatoms. The molecule has 5 nitrogen and oxygen atoms in total. The van der Waals surface area contributed by atoms with E-state index in [2.05, 4.69) is 10.5 Å². The summed E-state index contributed by atoms with van der Waals surface area (Å²) in [5.41, 5.74) is 1.41. The van der Waals surface area contributed by atoms with Crippen LogP contribution in [0.25, 0.3) is 10.6 Å². The second-order valence-corrected chi connectivity index (χ2v) is 5.48. The molecule has 0 fully saturated rings. The summed E-state index contributed by atoms with van der Waals surface area (Å²) in [6.07, 6.45) is 0. The Morgan fingerprint density at radius 1 is 1.33 bits per heavy atom. The molecule has 0 bridgehead atoms. The van der Waals surface area contributed by atoms with Gasteiger partial charge in [-0.15, -0.1) is 11.3 Å². The highest BCUT2D eigenvalue weighted by Gasteiger charge is 2.15. The van der Waals surface area contributed by atoms with Crippen molar-refractivity contribution in [2.45, 2.75) is 6.92 Å². The molecular weight excluding hydrogens is 288 g/mol. The molecule has 106 valence electrons. The van der Waals surface area contributed by atoms with Crippen LogP contribution in [0.5, 0.6) is 5.75 Å². The van der Waals surface area contributed by atoms with Crippen LogP contribution in [0, 0.1) is 6.92 Å². The number of thiophene rings is 1. The van der Waals surface area contributed by atoms with Crippen LogP contribution in [-0.4, -0.2) is 16.2 Å². The van der Waals surface area contributed by atoms with Crippen LogP contribution in [0.3, 0.4) is 0 Å². The van der Waals surface area contributed by atoms with E-state index in [0.29, 0.717) is 11.4 Å². The number of benzene rings is 1. The lowest BCUT2D eigenvalue weighted by atomic mass is 10.2. The van der Waals surface area contributed by atoms with E-state index in [1.807, 2.05) is 24.4 Å². The average molecular weight is 300 g/mol. The highest BCUT2D eigenvalue weighted by atomic mass is 32.1. The number of nitrogens with one attached hydrogen (secondary N) is 1. The Hall–Kier alpha value is -2.60. The molecule has 2 N–H and O–H groups in total. The fraction of sp³-hybridized carbons (Fsp3) is 0.0667. The molecule has 0 aliphatic carbocycles. The molecule has 0 saturated carbocycles. The first-order valence-corrected chi connectivity index (χ1v) is 7.13. The van der Waals surface area contributed by atoms with Gasteiger partial charge in [-0.05, 0) is 36.1 Å². The standard InChI is InChI=1S/C15H12N2O3S/c1-9-4-5-10(12(18)7-9)16-15(19)11-8-13(20-17-11)14-3-2-6-21-14/h2-8,18H,1H3,(H,16,19). The van der Waals surface area contributed by atoms with Gasteiger partial charge in [0.2, 0.25) is 0 Å². The van der Waals surface area contributed by atoms with Gasteiger partial charge < -0.3 is 14.9 Å². The van der Waals surface area contributed by atoms with E-state index in [1.54, 1.807) is 24.3 Å². The van der Waals surface area contributed by atoms with Crippen LogP contribution in [0.15, 0.2) is 46.3 Å². The number of hydrogen-bond donors (Lipinski definition) is 2. The van der Waals surface area contributed by atoms with Gasteiger partial charge in [0.05, 0.1) is 10.6 Å². The Morgan fingerprint density at radius 2 is 2.19 bits per heavy atom. The van der Waals surface area contributed by atoms with E-state index in [9.17, 15) is 9.90 Å². The molecule has 3 aromatic rings.